The molecule has 0 spiro atoms. The van der Waals surface area contributed by atoms with Crippen molar-refractivity contribution in [3.05, 3.63) is 69.8 Å². The first-order valence-corrected chi connectivity index (χ1v) is 7.76. The summed E-state index contributed by atoms with van der Waals surface area (Å²) in [6, 6.07) is 12.5. The third-order valence-corrected chi connectivity index (χ3v) is 3.82. The van der Waals surface area contributed by atoms with E-state index in [0.717, 1.165) is 11.3 Å². The third-order valence-electron chi connectivity index (χ3n) is 3.82. The van der Waals surface area contributed by atoms with Gasteiger partial charge >= 0.3 is 0 Å². The summed E-state index contributed by atoms with van der Waals surface area (Å²) in [4.78, 5) is 16.4. The van der Waals surface area contributed by atoms with Gasteiger partial charge in [-0.05, 0) is 35.4 Å². The number of anilines is 1. The number of aliphatic hydroxyl groups excluding tert-OH is 2. The van der Waals surface area contributed by atoms with Crippen molar-refractivity contribution in [1.29, 1.82) is 0 Å². The maximum absolute atomic E-state index is 10.7. The lowest BCUT2D eigenvalue weighted by atomic mass is 10.0. The summed E-state index contributed by atoms with van der Waals surface area (Å²) in [5.74, 6) is 0. The zero-order chi connectivity index (χ0) is 18.4. The Balaban J connectivity index is 2.11. The van der Waals surface area contributed by atoms with Gasteiger partial charge in [-0.1, -0.05) is 12.1 Å². The summed E-state index contributed by atoms with van der Waals surface area (Å²) in [5.41, 5.74) is 2.31. The normalized spacial score (nSPS) is 13.6. The summed E-state index contributed by atoms with van der Waals surface area (Å²) in [5, 5.41) is 30.5. The first kappa shape index (κ1) is 18.6. The Morgan fingerprint density at radius 2 is 1.76 bits per heavy atom. The SMILES string of the molecule is CN(C)c1ccc(C=N[C@H](CO)[C@@H](O)c2ccc([N+](=O)[O-])cc2)cc1. The smallest absolute Gasteiger partial charge is 0.269 e. The summed E-state index contributed by atoms with van der Waals surface area (Å²) in [7, 11) is 3.90. The topological polar surface area (TPSA) is 99.2 Å². The maximum atomic E-state index is 10.7. The predicted octanol–water partition coefficient (Wildman–Crippen LogP) is 2.17. The molecule has 7 nitrogen and oxygen atoms in total. The third kappa shape index (κ3) is 4.85. The fourth-order valence-electron chi connectivity index (χ4n) is 2.28. The van der Waals surface area contributed by atoms with Crippen LogP contribution < -0.4 is 4.90 Å². The average molecular weight is 343 g/mol. The van der Waals surface area contributed by atoms with Crippen LogP contribution in [-0.2, 0) is 0 Å². The van der Waals surface area contributed by atoms with Crippen molar-refractivity contribution in [3.63, 3.8) is 0 Å². The lowest BCUT2D eigenvalue weighted by molar-refractivity contribution is -0.384. The van der Waals surface area contributed by atoms with Crippen molar-refractivity contribution in [2.24, 2.45) is 4.99 Å². The largest absolute Gasteiger partial charge is 0.394 e. The number of nitrogens with zero attached hydrogens (tertiary/aromatic N) is 3. The van der Waals surface area contributed by atoms with Gasteiger partial charge in [0.15, 0.2) is 0 Å². The van der Waals surface area contributed by atoms with E-state index in [0.29, 0.717) is 5.56 Å². The van der Waals surface area contributed by atoms with Crippen LogP contribution in [0, 0.1) is 10.1 Å². The number of hydrogen-bond acceptors (Lipinski definition) is 6. The number of nitro groups is 1. The van der Waals surface area contributed by atoms with Crippen molar-refractivity contribution >= 4 is 17.6 Å². The number of benzene rings is 2. The van der Waals surface area contributed by atoms with Gasteiger partial charge in [-0.25, -0.2) is 0 Å². The van der Waals surface area contributed by atoms with Gasteiger partial charge in [0.1, 0.15) is 12.1 Å². The molecule has 0 aliphatic carbocycles. The average Bonchev–Trinajstić information content (AvgIpc) is 2.62. The fourth-order valence-corrected chi connectivity index (χ4v) is 2.28. The number of nitro benzene ring substituents is 1. The van der Waals surface area contributed by atoms with E-state index in [1.165, 1.54) is 24.3 Å². The molecule has 2 aromatic carbocycles. The minimum atomic E-state index is -1.05. The van der Waals surface area contributed by atoms with Gasteiger partial charge in [0, 0.05) is 38.1 Å². The zero-order valence-electron chi connectivity index (χ0n) is 14.1. The van der Waals surface area contributed by atoms with Crippen LogP contribution in [0.25, 0.3) is 0 Å². The fraction of sp³-hybridized carbons (Fsp3) is 0.278. The molecule has 0 aliphatic heterocycles. The van der Waals surface area contributed by atoms with Crippen molar-refractivity contribution in [2.45, 2.75) is 12.1 Å². The molecule has 0 fully saturated rings. The monoisotopic (exact) mass is 343 g/mol. The molecule has 0 aliphatic rings. The van der Waals surface area contributed by atoms with E-state index < -0.39 is 17.1 Å². The van der Waals surface area contributed by atoms with Crippen LogP contribution in [0.5, 0.6) is 0 Å². The van der Waals surface area contributed by atoms with Crippen LogP contribution in [-0.4, -0.2) is 48.1 Å². The van der Waals surface area contributed by atoms with Gasteiger partial charge in [0.05, 0.1) is 11.5 Å². The molecular weight excluding hydrogens is 322 g/mol. The van der Waals surface area contributed by atoms with E-state index in [1.807, 2.05) is 43.3 Å². The highest BCUT2D eigenvalue weighted by Crippen LogP contribution is 2.22. The molecule has 2 aromatic rings. The second-order valence-corrected chi connectivity index (χ2v) is 5.81. The Labute approximate surface area is 146 Å². The van der Waals surface area contributed by atoms with Gasteiger partial charge in [-0.15, -0.1) is 0 Å². The molecule has 2 N–H and O–H groups in total. The van der Waals surface area contributed by atoms with Crippen molar-refractivity contribution in [3.8, 4) is 0 Å². The van der Waals surface area contributed by atoms with E-state index in [-0.39, 0.29) is 12.3 Å². The zero-order valence-corrected chi connectivity index (χ0v) is 14.1. The van der Waals surface area contributed by atoms with Gasteiger partial charge in [0.2, 0.25) is 0 Å². The summed E-state index contributed by atoms with van der Waals surface area (Å²) in [6.07, 6.45) is 0.540. The number of rotatable bonds is 7. The molecule has 0 amide bonds. The lowest BCUT2D eigenvalue weighted by Gasteiger charge is -2.17. The highest BCUT2D eigenvalue weighted by Gasteiger charge is 2.19. The molecule has 25 heavy (non-hydrogen) atoms. The molecule has 132 valence electrons. The maximum Gasteiger partial charge on any atom is 0.269 e. The molecule has 0 aromatic heterocycles. The Hall–Kier alpha value is -2.77. The summed E-state index contributed by atoms with van der Waals surface area (Å²) < 4.78 is 0. The van der Waals surface area contributed by atoms with E-state index in [2.05, 4.69) is 4.99 Å². The highest BCUT2D eigenvalue weighted by atomic mass is 16.6. The van der Waals surface area contributed by atoms with Crippen molar-refractivity contribution in [1.82, 2.24) is 0 Å². The van der Waals surface area contributed by atoms with Crippen LogP contribution in [0.4, 0.5) is 11.4 Å². The molecule has 2 rings (SSSR count). The highest BCUT2D eigenvalue weighted by molar-refractivity contribution is 5.80. The number of aliphatic hydroxyl groups is 2. The minimum absolute atomic E-state index is 0.0546. The van der Waals surface area contributed by atoms with Crippen LogP contribution in [0.2, 0.25) is 0 Å². The summed E-state index contributed by atoms with van der Waals surface area (Å²) in [6.45, 7) is -0.343. The van der Waals surface area contributed by atoms with Crippen LogP contribution in [0.3, 0.4) is 0 Å². The molecule has 0 saturated heterocycles. The molecule has 0 heterocycles. The first-order valence-electron chi connectivity index (χ1n) is 7.76. The van der Waals surface area contributed by atoms with Gasteiger partial charge in [-0.2, -0.15) is 0 Å². The van der Waals surface area contributed by atoms with Crippen LogP contribution in [0.15, 0.2) is 53.5 Å². The second-order valence-electron chi connectivity index (χ2n) is 5.81. The quantitative estimate of drug-likeness (QED) is 0.456. The standard InChI is InChI=1S/C18H21N3O4/c1-20(2)15-7-3-13(4-8-15)11-19-17(12-22)18(23)14-5-9-16(10-6-14)21(24)25/h3-11,17-18,22-23H,12H2,1-2H3/t17-,18+/m1/s1. The Morgan fingerprint density at radius 3 is 2.24 bits per heavy atom. The van der Waals surface area contributed by atoms with E-state index in [9.17, 15) is 20.3 Å². The molecule has 7 heteroatoms. The van der Waals surface area contributed by atoms with Crippen LogP contribution in [0.1, 0.15) is 17.2 Å². The van der Waals surface area contributed by atoms with Gasteiger partial charge in [0.25, 0.3) is 5.69 Å². The van der Waals surface area contributed by atoms with Crippen LogP contribution >= 0.6 is 0 Å². The van der Waals surface area contributed by atoms with E-state index in [4.69, 9.17) is 0 Å². The second kappa shape index (κ2) is 8.36. The van der Waals surface area contributed by atoms with E-state index in [1.54, 1.807) is 6.21 Å². The molecule has 0 saturated carbocycles. The Kier molecular flexibility index (Phi) is 6.21. The summed E-state index contributed by atoms with van der Waals surface area (Å²) >= 11 is 0. The Morgan fingerprint density at radius 1 is 1.16 bits per heavy atom. The molecule has 2 atom stereocenters. The van der Waals surface area contributed by atoms with Crippen molar-refractivity contribution in [2.75, 3.05) is 25.6 Å². The van der Waals surface area contributed by atoms with E-state index >= 15 is 0 Å². The van der Waals surface area contributed by atoms with Gasteiger partial charge < -0.3 is 15.1 Å². The Bertz CT molecular complexity index is 727. The molecule has 0 bridgehead atoms. The van der Waals surface area contributed by atoms with Crippen molar-refractivity contribution < 1.29 is 15.1 Å². The number of hydrogen-bond donors (Lipinski definition) is 2. The molecular formula is C18H21N3O4. The first-order chi connectivity index (χ1) is 11.9. The van der Waals surface area contributed by atoms with Gasteiger partial charge in [-0.3, -0.25) is 15.1 Å². The minimum Gasteiger partial charge on any atom is -0.394 e. The molecule has 0 radical (unpaired) electrons. The molecule has 0 unspecified atom stereocenters. The number of aliphatic imine (C=N–C) groups is 1. The lowest BCUT2D eigenvalue weighted by Crippen LogP contribution is -2.21. The number of non-ortho nitro benzene ring substituents is 1. The predicted molar refractivity (Wildman–Crippen MR) is 97.3 cm³/mol.